The number of anilines is 2. The summed E-state index contributed by atoms with van der Waals surface area (Å²) in [6, 6.07) is 55.1. The molecule has 1 aliphatic heterocycles. The van der Waals surface area contributed by atoms with Gasteiger partial charge in [0.25, 0.3) is 0 Å². The highest BCUT2D eigenvalue weighted by atomic mass is 15.0. The van der Waals surface area contributed by atoms with E-state index in [0.717, 1.165) is 68.5 Å². The Kier molecular flexibility index (Phi) is 9.74. The minimum Gasteiger partial charge on any atom is -0.354 e. The molecule has 0 unspecified atom stereocenters. The third-order valence-electron chi connectivity index (χ3n) is 10.0. The first-order valence-corrected chi connectivity index (χ1v) is 18.9. The maximum Gasteiger partial charge on any atom is 0.245 e. The zero-order valence-electron chi connectivity index (χ0n) is 30.8. The van der Waals surface area contributed by atoms with Crippen molar-refractivity contribution in [1.82, 2.24) is 0 Å². The molecule has 56 heavy (non-hydrogen) atoms. The third-order valence-corrected chi connectivity index (χ3v) is 10.0. The van der Waals surface area contributed by atoms with Crippen molar-refractivity contribution in [1.29, 1.82) is 0 Å². The molecule has 0 bridgehead atoms. The highest BCUT2D eigenvalue weighted by molar-refractivity contribution is 6.04. The van der Waals surface area contributed by atoms with Crippen molar-refractivity contribution in [2.24, 2.45) is 9.98 Å². The molecule has 2 aromatic heterocycles. The molecule has 3 heterocycles. The van der Waals surface area contributed by atoms with E-state index in [0.29, 0.717) is 0 Å². The van der Waals surface area contributed by atoms with Gasteiger partial charge in [0.1, 0.15) is 12.4 Å². The molecule has 1 aliphatic rings. The number of nitrogens with zero attached hydrogens (tertiary/aromatic N) is 4. The molecule has 0 aliphatic carbocycles. The molecule has 6 heteroatoms. The molecule has 0 spiro atoms. The number of hydrogen-bond acceptors (Lipinski definition) is 4. The fourth-order valence-corrected chi connectivity index (χ4v) is 6.99. The van der Waals surface area contributed by atoms with Crippen LogP contribution in [0.25, 0.3) is 32.9 Å². The number of nitrogens with one attached hydrogen (secondary N) is 2. The van der Waals surface area contributed by atoms with Gasteiger partial charge in [-0.3, -0.25) is 0 Å². The average Bonchev–Trinajstić information content (AvgIpc) is 3.25. The molecule has 0 radical (unpaired) electrons. The standard InChI is InChI=1S/C50H40N6/c1-3-11-37(12-4-1)27-39-19-23-55(24-20-39)45-33-51-47-29-41-15-7-9-17-43(41)31-49(47)53-35-46(56-25-21-40(22-26-56)28-38-13-5-2-6-14-38)36-54-50-32-44-18-10-8-16-42(44)30-48(50)52-34-45/h1-26,29-36,51,54H,27-28H2/q+2/b45-33+,46-36+,52-34?,53-35?. The number of aromatic nitrogens is 2. The molecule has 268 valence electrons. The molecule has 0 saturated heterocycles. The van der Waals surface area contributed by atoms with Crippen molar-refractivity contribution < 1.29 is 9.13 Å². The largest absolute Gasteiger partial charge is 0.354 e. The summed E-state index contributed by atoms with van der Waals surface area (Å²) in [5.74, 6) is 0. The summed E-state index contributed by atoms with van der Waals surface area (Å²) in [6.45, 7) is 0. The van der Waals surface area contributed by atoms with Crippen LogP contribution in [0.5, 0.6) is 0 Å². The van der Waals surface area contributed by atoms with Gasteiger partial charge in [0.05, 0.1) is 35.1 Å². The fraction of sp³-hybridized carbons (Fsp3) is 0.0400. The summed E-state index contributed by atoms with van der Waals surface area (Å²) < 4.78 is 4.18. The average molecular weight is 725 g/mol. The van der Waals surface area contributed by atoms with Crippen molar-refractivity contribution in [2.45, 2.75) is 12.8 Å². The first-order chi connectivity index (χ1) is 27.7. The third kappa shape index (κ3) is 7.91. The van der Waals surface area contributed by atoms with Gasteiger partial charge < -0.3 is 10.6 Å². The molecular weight excluding hydrogens is 685 g/mol. The van der Waals surface area contributed by atoms with Gasteiger partial charge in [0.15, 0.2) is 24.8 Å². The zero-order chi connectivity index (χ0) is 37.5. The number of aliphatic imine (C=N–C) groups is 2. The molecule has 6 nitrogen and oxygen atoms in total. The minimum atomic E-state index is 0.815. The lowest BCUT2D eigenvalue weighted by atomic mass is 10.1. The van der Waals surface area contributed by atoms with Crippen LogP contribution in [0, 0.1) is 0 Å². The van der Waals surface area contributed by atoms with E-state index < -0.39 is 0 Å². The lowest BCUT2D eigenvalue weighted by Gasteiger charge is -2.11. The van der Waals surface area contributed by atoms with Crippen LogP contribution in [-0.4, -0.2) is 12.4 Å². The Labute approximate surface area is 326 Å². The Hall–Kier alpha value is -7.44. The number of allylic oxidation sites excluding steroid dienone is 2. The first kappa shape index (κ1) is 34.3. The molecule has 0 atom stereocenters. The summed E-state index contributed by atoms with van der Waals surface area (Å²) in [5.41, 5.74) is 10.1. The van der Waals surface area contributed by atoms with Crippen molar-refractivity contribution in [2.75, 3.05) is 10.6 Å². The number of rotatable bonds is 6. The van der Waals surface area contributed by atoms with Crippen LogP contribution in [0.15, 0.2) is 205 Å². The number of pyridine rings is 2. The second-order valence-corrected chi connectivity index (χ2v) is 13.9. The van der Waals surface area contributed by atoms with Gasteiger partial charge in [0, 0.05) is 24.3 Å². The SMILES string of the molecule is C1=Nc2cc3ccccc3cc2N/C=C(/[n+]2ccc(Cc3ccccc3)cc2)C=Nc2cc3ccccc3cc2N/C=C\1[n+]1ccc(Cc2ccccc2)cc1. The van der Waals surface area contributed by atoms with Gasteiger partial charge in [-0.25, -0.2) is 9.98 Å². The van der Waals surface area contributed by atoms with E-state index in [4.69, 9.17) is 9.98 Å². The van der Waals surface area contributed by atoms with E-state index in [9.17, 15) is 0 Å². The Morgan fingerprint density at radius 3 is 1.11 bits per heavy atom. The highest BCUT2D eigenvalue weighted by Gasteiger charge is 2.15. The summed E-state index contributed by atoms with van der Waals surface area (Å²) in [4.78, 5) is 10.3. The maximum absolute atomic E-state index is 5.14. The van der Waals surface area contributed by atoms with Gasteiger partial charge in [-0.15, -0.1) is 0 Å². The van der Waals surface area contributed by atoms with Crippen LogP contribution in [-0.2, 0) is 12.8 Å². The Bertz CT molecular complexity index is 2570. The Morgan fingerprint density at radius 1 is 0.375 bits per heavy atom. The molecule has 0 amide bonds. The lowest BCUT2D eigenvalue weighted by Crippen LogP contribution is -2.33. The second kappa shape index (κ2) is 15.9. The molecule has 9 rings (SSSR count). The van der Waals surface area contributed by atoms with E-state index in [1.165, 1.54) is 22.3 Å². The monoisotopic (exact) mass is 724 g/mol. The van der Waals surface area contributed by atoms with Gasteiger partial charge in [-0.1, -0.05) is 109 Å². The van der Waals surface area contributed by atoms with Crippen molar-refractivity contribution in [3.05, 3.63) is 217 Å². The molecule has 0 saturated carbocycles. The predicted molar refractivity (Wildman–Crippen MR) is 232 cm³/mol. The molecule has 6 aromatic carbocycles. The summed E-state index contributed by atoms with van der Waals surface area (Å²) >= 11 is 0. The van der Waals surface area contributed by atoms with Gasteiger partial charge in [-0.2, -0.15) is 9.13 Å². The minimum absolute atomic E-state index is 0.815. The summed E-state index contributed by atoms with van der Waals surface area (Å²) in [6.07, 6.45) is 17.9. The topological polar surface area (TPSA) is 56.5 Å². The Balaban J connectivity index is 1.14. The van der Waals surface area contributed by atoms with Crippen LogP contribution in [0.3, 0.4) is 0 Å². The summed E-state index contributed by atoms with van der Waals surface area (Å²) in [7, 11) is 0. The maximum atomic E-state index is 5.14. The van der Waals surface area contributed by atoms with Crippen molar-refractivity contribution >= 4 is 68.1 Å². The lowest BCUT2D eigenvalue weighted by molar-refractivity contribution is -0.576. The zero-order valence-corrected chi connectivity index (χ0v) is 30.8. The quantitative estimate of drug-likeness (QED) is 0.168. The van der Waals surface area contributed by atoms with E-state index >= 15 is 0 Å². The molecule has 8 aromatic rings. The van der Waals surface area contributed by atoms with Crippen LogP contribution in [0.2, 0.25) is 0 Å². The smallest absolute Gasteiger partial charge is 0.245 e. The van der Waals surface area contributed by atoms with Gasteiger partial charge >= 0.3 is 0 Å². The van der Waals surface area contributed by atoms with Gasteiger partial charge in [0.2, 0.25) is 11.4 Å². The predicted octanol–water partition coefficient (Wildman–Crippen LogP) is 10.7. The Morgan fingerprint density at radius 2 is 0.714 bits per heavy atom. The second-order valence-electron chi connectivity index (χ2n) is 13.9. The fourth-order valence-electron chi connectivity index (χ4n) is 6.99. The first-order valence-electron chi connectivity index (χ1n) is 18.9. The van der Waals surface area contributed by atoms with Crippen LogP contribution >= 0.6 is 0 Å². The van der Waals surface area contributed by atoms with E-state index in [1.54, 1.807) is 0 Å². The van der Waals surface area contributed by atoms with Gasteiger partial charge in [-0.05, 0) is 80.9 Å². The van der Waals surface area contributed by atoms with Crippen LogP contribution in [0.4, 0.5) is 22.7 Å². The van der Waals surface area contributed by atoms with E-state index in [2.05, 4.69) is 202 Å². The van der Waals surface area contributed by atoms with Crippen LogP contribution < -0.4 is 19.8 Å². The highest BCUT2D eigenvalue weighted by Crippen LogP contribution is 2.33. The number of hydrogen-bond donors (Lipinski definition) is 2. The normalized spacial score (nSPS) is 14.6. The molecule has 2 N–H and O–H groups in total. The number of fused-ring (bicyclic) bond motifs is 4. The molecule has 0 fully saturated rings. The van der Waals surface area contributed by atoms with Crippen LogP contribution in [0.1, 0.15) is 22.3 Å². The molecular formula is C50H40N6+2. The number of benzene rings is 6. The van der Waals surface area contributed by atoms with Crippen molar-refractivity contribution in [3.63, 3.8) is 0 Å². The summed E-state index contributed by atoms with van der Waals surface area (Å²) in [5, 5.41) is 11.7. The van der Waals surface area contributed by atoms with Crippen molar-refractivity contribution in [3.8, 4) is 0 Å². The van der Waals surface area contributed by atoms with E-state index in [1.807, 2.05) is 24.8 Å². The van der Waals surface area contributed by atoms with E-state index in [-0.39, 0.29) is 0 Å².